The molecule has 0 rings (SSSR count). The highest BCUT2D eigenvalue weighted by Gasteiger charge is 2.20. The average Bonchev–Trinajstić information content (AvgIpc) is 1.94. The van der Waals surface area contributed by atoms with Crippen LogP contribution in [0.25, 0.3) is 0 Å². The van der Waals surface area contributed by atoms with Crippen molar-refractivity contribution in [1.82, 2.24) is 0 Å². The molecule has 3 nitrogen and oxygen atoms in total. The van der Waals surface area contributed by atoms with Gasteiger partial charge in [0.2, 0.25) is 0 Å². The topological polar surface area (TPSA) is 49.4 Å². The fraction of sp³-hybridized carbons (Fsp3) is 0.600. The first-order valence-corrected chi connectivity index (χ1v) is 4.48. The Morgan fingerprint density at radius 3 is 2.14 bits per heavy atom. The number of halogens is 4. The molecule has 0 aliphatic heterocycles. The maximum Gasteiger partial charge on any atom is 0.673 e. The Balaban J connectivity index is 0. The Hall–Kier alpha value is -0.405. The van der Waals surface area contributed by atoms with E-state index < -0.39 is 18.6 Å². The minimum Gasteiger partial charge on any atom is -0.750 e. The van der Waals surface area contributed by atoms with Gasteiger partial charge in [0.1, 0.15) is 0 Å². The largest absolute Gasteiger partial charge is 0.750 e. The summed E-state index contributed by atoms with van der Waals surface area (Å²) in [6, 6.07) is 0. The van der Waals surface area contributed by atoms with E-state index in [1.807, 2.05) is 0 Å². The molecule has 1 unspecified atom stereocenters. The van der Waals surface area contributed by atoms with Gasteiger partial charge >= 0.3 is 7.25 Å². The predicted octanol–water partition coefficient (Wildman–Crippen LogP) is 2.06. The fourth-order valence-electron chi connectivity index (χ4n) is 0.355. The molecule has 0 aliphatic rings. The van der Waals surface area contributed by atoms with Crippen LogP contribution in [-0.2, 0) is 15.5 Å². The lowest BCUT2D eigenvalue weighted by molar-refractivity contribution is 0.296. The second kappa shape index (κ2) is 9.16. The molecule has 9 heteroatoms. The van der Waals surface area contributed by atoms with Gasteiger partial charge in [0.05, 0.1) is 18.0 Å². The molecule has 0 amide bonds. The van der Waals surface area contributed by atoms with Crippen molar-refractivity contribution in [2.24, 2.45) is 0 Å². The Labute approximate surface area is 81.7 Å². The summed E-state index contributed by atoms with van der Waals surface area (Å²) in [5.74, 6) is 0. The third-order valence-corrected chi connectivity index (χ3v) is 1.09. The van der Waals surface area contributed by atoms with E-state index in [1.165, 1.54) is 0 Å². The molecule has 0 radical (unpaired) electrons. The van der Waals surface area contributed by atoms with Gasteiger partial charge in [-0.1, -0.05) is 6.08 Å². The van der Waals surface area contributed by atoms with Crippen molar-refractivity contribution in [3.63, 3.8) is 0 Å². The van der Waals surface area contributed by atoms with Crippen LogP contribution in [0.3, 0.4) is 0 Å². The van der Waals surface area contributed by atoms with E-state index in [2.05, 4.69) is 10.8 Å². The van der Waals surface area contributed by atoms with Gasteiger partial charge in [0.15, 0.2) is 0 Å². The smallest absolute Gasteiger partial charge is 0.673 e. The highest BCUT2D eigenvalue weighted by atomic mass is 32.2. The van der Waals surface area contributed by atoms with Crippen LogP contribution in [0, 0.1) is 0 Å². The quantitative estimate of drug-likeness (QED) is 0.241. The molecule has 0 saturated heterocycles. The SMILES string of the molecule is C=CCCCOS(=O)[O-].F[B-](F)(F)F. The average molecular weight is 236 g/mol. The molecule has 0 aromatic carbocycles. The van der Waals surface area contributed by atoms with Gasteiger partial charge in [-0.2, -0.15) is 0 Å². The van der Waals surface area contributed by atoms with E-state index >= 15 is 0 Å². The summed E-state index contributed by atoms with van der Waals surface area (Å²) >= 11 is -2.35. The van der Waals surface area contributed by atoms with E-state index in [0.29, 0.717) is 6.42 Å². The lowest BCUT2D eigenvalue weighted by Gasteiger charge is -2.02. The first kappa shape index (κ1) is 16.0. The van der Waals surface area contributed by atoms with Gasteiger partial charge in [-0.15, -0.1) is 6.58 Å². The van der Waals surface area contributed by atoms with Crippen molar-refractivity contribution in [1.29, 1.82) is 0 Å². The van der Waals surface area contributed by atoms with Crippen molar-refractivity contribution in [3.05, 3.63) is 12.7 Å². The maximum absolute atomic E-state index is 9.75. The summed E-state index contributed by atoms with van der Waals surface area (Å²) < 4.78 is 62.6. The molecule has 0 aromatic rings. The monoisotopic (exact) mass is 236 g/mol. The third-order valence-electron chi connectivity index (χ3n) is 0.732. The Morgan fingerprint density at radius 2 is 1.86 bits per heavy atom. The Bertz CT molecular complexity index is 169. The Morgan fingerprint density at radius 1 is 1.43 bits per heavy atom. The molecule has 0 fully saturated rings. The first-order valence-electron chi connectivity index (χ1n) is 3.48. The molecule has 0 saturated carbocycles. The van der Waals surface area contributed by atoms with Gasteiger partial charge in [-0.25, -0.2) is 4.21 Å². The molecule has 0 aliphatic carbocycles. The van der Waals surface area contributed by atoms with E-state index in [1.54, 1.807) is 6.08 Å². The molecule has 0 spiro atoms. The minimum absolute atomic E-state index is 0.252. The van der Waals surface area contributed by atoms with E-state index in [-0.39, 0.29) is 6.61 Å². The number of allylic oxidation sites excluding steroid dienone is 1. The summed E-state index contributed by atoms with van der Waals surface area (Å²) in [6.45, 7) is 3.72. The van der Waals surface area contributed by atoms with Crippen LogP contribution < -0.4 is 0 Å². The van der Waals surface area contributed by atoms with Crippen molar-refractivity contribution in [2.75, 3.05) is 6.61 Å². The van der Waals surface area contributed by atoms with Gasteiger partial charge in [0, 0.05) is 0 Å². The zero-order valence-corrected chi connectivity index (χ0v) is 7.94. The van der Waals surface area contributed by atoms with Crippen LogP contribution >= 0.6 is 0 Å². The Kier molecular flexibility index (Phi) is 10.5. The van der Waals surface area contributed by atoms with Gasteiger partial charge in [-0.3, -0.25) is 0 Å². The number of hydrogen-bond donors (Lipinski definition) is 0. The van der Waals surface area contributed by atoms with Crippen LogP contribution in [-0.4, -0.2) is 22.6 Å². The summed E-state index contributed by atoms with van der Waals surface area (Å²) in [6.07, 6.45) is 3.21. The maximum atomic E-state index is 9.75. The van der Waals surface area contributed by atoms with Crippen LogP contribution in [0.1, 0.15) is 12.8 Å². The minimum atomic E-state index is -6.00. The summed E-state index contributed by atoms with van der Waals surface area (Å²) in [4.78, 5) is 0. The molecule has 0 bridgehead atoms. The molecular formula is C5H9BF4O3S-2. The van der Waals surface area contributed by atoms with Gasteiger partial charge in [0.25, 0.3) is 0 Å². The van der Waals surface area contributed by atoms with Crippen LogP contribution in [0.15, 0.2) is 12.7 Å². The molecular weight excluding hydrogens is 227 g/mol. The number of hydrogen-bond acceptors (Lipinski definition) is 3. The van der Waals surface area contributed by atoms with Crippen molar-refractivity contribution >= 4 is 18.6 Å². The molecule has 0 heterocycles. The standard InChI is InChI=1S/C5H10O3S.BF4/c1-2-3-4-5-8-9(6)7;2-1(3,4)5/h2H,1,3-5H2,(H,6,7);/q;-1/p-1. The molecule has 86 valence electrons. The van der Waals surface area contributed by atoms with Crippen LogP contribution in [0.4, 0.5) is 17.3 Å². The number of rotatable bonds is 5. The van der Waals surface area contributed by atoms with Gasteiger partial charge in [-0.05, 0) is 12.8 Å². The van der Waals surface area contributed by atoms with Crippen LogP contribution in [0.5, 0.6) is 0 Å². The second-order valence-electron chi connectivity index (χ2n) is 1.95. The summed E-state index contributed by atoms with van der Waals surface area (Å²) in [5, 5.41) is 0. The zero-order valence-electron chi connectivity index (χ0n) is 7.13. The molecule has 0 aromatic heterocycles. The van der Waals surface area contributed by atoms with Crippen LogP contribution in [0.2, 0.25) is 0 Å². The summed E-state index contributed by atoms with van der Waals surface area (Å²) in [7, 11) is -6.00. The zero-order chi connectivity index (χ0) is 11.6. The van der Waals surface area contributed by atoms with E-state index in [9.17, 15) is 26.0 Å². The highest BCUT2D eigenvalue weighted by Crippen LogP contribution is 2.06. The molecule has 14 heavy (non-hydrogen) atoms. The van der Waals surface area contributed by atoms with Gasteiger partial charge < -0.3 is 26.0 Å². The highest BCUT2D eigenvalue weighted by molar-refractivity contribution is 7.74. The van der Waals surface area contributed by atoms with Crippen molar-refractivity contribution < 1.29 is 30.2 Å². The number of unbranched alkanes of at least 4 members (excludes halogenated alkanes) is 1. The third kappa shape index (κ3) is 41.6. The predicted molar refractivity (Wildman–Crippen MR) is 44.5 cm³/mol. The lowest BCUT2D eigenvalue weighted by atomic mass is 10.3. The van der Waals surface area contributed by atoms with Crippen molar-refractivity contribution in [3.8, 4) is 0 Å². The molecule has 0 N–H and O–H groups in total. The molecule has 1 atom stereocenters. The fourth-order valence-corrected chi connectivity index (χ4v) is 0.609. The van der Waals surface area contributed by atoms with E-state index in [0.717, 1.165) is 6.42 Å². The lowest BCUT2D eigenvalue weighted by Crippen LogP contribution is -2.02. The van der Waals surface area contributed by atoms with Crippen molar-refractivity contribution in [2.45, 2.75) is 12.8 Å². The second-order valence-corrected chi connectivity index (χ2v) is 2.60. The summed E-state index contributed by atoms with van der Waals surface area (Å²) in [5.41, 5.74) is 0. The van der Waals surface area contributed by atoms with E-state index in [4.69, 9.17) is 0 Å². The first-order chi connectivity index (χ1) is 6.27. The normalized spacial score (nSPS) is 12.6.